The maximum atomic E-state index is 13.1. The zero-order chi connectivity index (χ0) is 15.6. The molecule has 1 aromatic heterocycles. The minimum atomic E-state index is -4.43. The summed E-state index contributed by atoms with van der Waals surface area (Å²) in [6.07, 6.45) is -2.70. The highest BCUT2D eigenvalue weighted by Crippen LogP contribution is 2.36. The van der Waals surface area contributed by atoms with Crippen LogP contribution in [0.5, 0.6) is 0 Å². The molecule has 7 heteroatoms. The van der Waals surface area contributed by atoms with Gasteiger partial charge in [0.15, 0.2) is 5.13 Å². The van der Waals surface area contributed by atoms with Crippen LogP contribution in [0.15, 0.2) is 18.2 Å². The fraction of sp³-hybridized carbons (Fsp3) is 0.357. The molecule has 2 nitrogen and oxygen atoms in total. The van der Waals surface area contributed by atoms with E-state index in [0.717, 1.165) is 23.1 Å². The minimum absolute atomic E-state index is 0.0728. The van der Waals surface area contributed by atoms with Gasteiger partial charge in [0.25, 0.3) is 0 Å². The van der Waals surface area contributed by atoms with E-state index in [9.17, 15) is 13.2 Å². The molecule has 0 saturated carbocycles. The first kappa shape index (κ1) is 16.1. The van der Waals surface area contributed by atoms with E-state index < -0.39 is 11.7 Å². The molecule has 2 N–H and O–H groups in total. The predicted molar refractivity (Wildman–Crippen MR) is 79.8 cm³/mol. The summed E-state index contributed by atoms with van der Waals surface area (Å²) in [5.41, 5.74) is 5.94. The Kier molecular flexibility index (Phi) is 4.78. The second-order valence-electron chi connectivity index (χ2n) is 4.65. The maximum Gasteiger partial charge on any atom is 0.416 e. The first-order valence-corrected chi connectivity index (χ1v) is 7.60. The molecule has 0 saturated heterocycles. The lowest BCUT2D eigenvalue weighted by molar-refractivity contribution is -0.138. The number of alkyl halides is 3. The lowest BCUT2D eigenvalue weighted by atomic mass is 10.0. The van der Waals surface area contributed by atoms with Crippen molar-refractivity contribution in [2.75, 3.05) is 5.73 Å². The Labute approximate surface area is 129 Å². The number of aromatic nitrogens is 1. The SMILES string of the molecule is CCCc1nc(N)sc1Cc1ccc(Cl)cc1C(F)(F)F. The molecule has 1 aromatic carbocycles. The van der Waals surface area contributed by atoms with E-state index in [1.54, 1.807) is 0 Å². The molecule has 0 bridgehead atoms. The molecule has 0 fully saturated rings. The van der Waals surface area contributed by atoms with Gasteiger partial charge in [0.1, 0.15) is 0 Å². The summed E-state index contributed by atoms with van der Waals surface area (Å²) in [5.74, 6) is 0. The number of hydrogen-bond donors (Lipinski definition) is 1. The van der Waals surface area contributed by atoms with Crippen molar-refractivity contribution in [3.63, 3.8) is 0 Å². The molecule has 2 aromatic rings. The van der Waals surface area contributed by atoms with Gasteiger partial charge in [-0.1, -0.05) is 31.0 Å². The lowest BCUT2D eigenvalue weighted by Gasteiger charge is -2.13. The van der Waals surface area contributed by atoms with Gasteiger partial charge in [0.2, 0.25) is 0 Å². The molecule has 21 heavy (non-hydrogen) atoms. The van der Waals surface area contributed by atoms with Crippen molar-refractivity contribution >= 4 is 28.1 Å². The second kappa shape index (κ2) is 6.23. The van der Waals surface area contributed by atoms with Crippen LogP contribution in [0.25, 0.3) is 0 Å². The number of halogens is 4. The molecular formula is C14H14ClF3N2S. The standard InChI is InChI=1S/C14H14ClF3N2S/c1-2-3-11-12(21-13(19)20-11)6-8-4-5-9(15)7-10(8)14(16,17)18/h4-5,7H,2-3,6H2,1H3,(H2,19,20). The number of aryl methyl sites for hydroxylation is 1. The van der Waals surface area contributed by atoms with Crippen molar-refractivity contribution in [1.29, 1.82) is 0 Å². The van der Waals surface area contributed by atoms with Crippen LogP contribution in [0.4, 0.5) is 18.3 Å². The average molecular weight is 335 g/mol. The highest BCUT2D eigenvalue weighted by atomic mass is 35.5. The third-order valence-electron chi connectivity index (χ3n) is 3.01. The summed E-state index contributed by atoms with van der Waals surface area (Å²) < 4.78 is 39.3. The Hall–Kier alpha value is -1.27. The van der Waals surface area contributed by atoms with E-state index in [2.05, 4.69) is 4.98 Å². The van der Waals surface area contributed by atoms with Gasteiger partial charge >= 0.3 is 6.18 Å². The minimum Gasteiger partial charge on any atom is -0.375 e. The number of nitrogens with zero attached hydrogens (tertiary/aromatic N) is 1. The number of rotatable bonds is 4. The van der Waals surface area contributed by atoms with Crippen molar-refractivity contribution < 1.29 is 13.2 Å². The quantitative estimate of drug-likeness (QED) is 0.860. The summed E-state index contributed by atoms with van der Waals surface area (Å²) in [4.78, 5) is 4.97. The van der Waals surface area contributed by atoms with E-state index in [1.165, 1.54) is 23.5 Å². The topological polar surface area (TPSA) is 38.9 Å². The molecule has 0 amide bonds. The maximum absolute atomic E-state index is 13.1. The number of nitrogen functional groups attached to an aromatic ring is 1. The van der Waals surface area contributed by atoms with Crippen molar-refractivity contribution in [3.05, 3.63) is 44.9 Å². The van der Waals surface area contributed by atoms with Crippen LogP contribution in [0, 0.1) is 0 Å². The fourth-order valence-corrected chi connectivity index (χ4v) is 3.19. The molecule has 0 aliphatic carbocycles. The Balaban J connectivity index is 2.40. The highest BCUT2D eigenvalue weighted by Gasteiger charge is 2.33. The first-order chi connectivity index (χ1) is 9.81. The summed E-state index contributed by atoms with van der Waals surface area (Å²) in [5, 5.41) is 0.458. The van der Waals surface area contributed by atoms with Crippen LogP contribution in [-0.2, 0) is 19.0 Å². The first-order valence-electron chi connectivity index (χ1n) is 6.41. The predicted octanol–water partition coefficient (Wildman–Crippen LogP) is 4.94. The Morgan fingerprint density at radius 1 is 1.33 bits per heavy atom. The van der Waals surface area contributed by atoms with Crippen molar-refractivity contribution in [1.82, 2.24) is 4.98 Å². The molecule has 0 unspecified atom stereocenters. The van der Waals surface area contributed by atoms with Crippen LogP contribution >= 0.6 is 22.9 Å². The Morgan fingerprint density at radius 3 is 2.67 bits per heavy atom. The third kappa shape index (κ3) is 3.89. The molecule has 0 aliphatic rings. The molecule has 2 rings (SSSR count). The van der Waals surface area contributed by atoms with Crippen molar-refractivity contribution in [2.24, 2.45) is 0 Å². The van der Waals surface area contributed by atoms with E-state index in [-0.39, 0.29) is 17.0 Å². The third-order valence-corrected chi connectivity index (χ3v) is 4.17. The zero-order valence-corrected chi connectivity index (χ0v) is 12.9. The van der Waals surface area contributed by atoms with Gasteiger partial charge < -0.3 is 5.73 Å². The second-order valence-corrected chi connectivity index (χ2v) is 6.20. The smallest absolute Gasteiger partial charge is 0.375 e. The number of hydrogen-bond acceptors (Lipinski definition) is 3. The zero-order valence-electron chi connectivity index (χ0n) is 11.3. The van der Waals surface area contributed by atoms with Gasteiger partial charge in [-0.3, -0.25) is 0 Å². The molecule has 0 atom stereocenters. The molecule has 0 radical (unpaired) electrons. The number of nitrogens with two attached hydrogens (primary N) is 1. The highest BCUT2D eigenvalue weighted by molar-refractivity contribution is 7.15. The number of anilines is 1. The molecule has 0 spiro atoms. The van der Waals surface area contributed by atoms with E-state index in [1.807, 2.05) is 6.92 Å². The fourth-order valence-electron chi connectivity index (χ4n) is 2.11. The Bertz CT molecular complexity index is 638. The van der Waals surface area contributed by atoms with Crippen LogP contribution in [0.2, 0.25) is 5.02 Å². The normalized spacial score (nSPS) is 11.9. The van der Waals surface area contributed by atoms with E-state index in [4.69, 9.17) is 17.3 Å². The van der Waals surface area contributed by atoms with E-state index in [0.29, 0.717) is 11.6 Å². The van der Waals surface area contributed by atoms with Gasteiger partial charge in [0.05, 0.1) is 11.3 Å². The largest absolute Gasteiger partial charge is 0.416 e. The number of thiazole rings is 1. The molecule has 114 valence electrons. The molecule has 0 aliphatic heterocycles. The summed E-state index contributed by atoms with van der Waals surface area (Å²) in [6, 6.07) is 3.84. The van der Waals surface area contributed by atoms with Gasteiger partial charge in [-0.05, 0) is 24.1 Å². The molecule has 1 heterocycles. The van der Waals surface area contributed by atoms with E-state index >= 15 is 0 Å². The monoisotopic (exact) mass is 334 g/mol. The summed E-state index contributed by atoms with van der Waals surface area (Å²) >= 11 is 6.92. The van der Waals surface area contributed by atoms with Crippen LogP contribution in [-0.4, -0.2) is 4.98 Å². The van der Waals surface area contributed by atoms with Crippen LogP contribution in [0.1, 0.15) is 35.0 Å². The van der Waals surface area contributed by atoms with Gasteiger partial charge in [0, 0.05) is 16.3 Å². The molecular weight excluding hydrogens is 321 g/mol. The van der Waals surface area contributed by atoms with Gasteiger partial charge in [-0.2, -0.15) is 13.2 Å². The number of benzene rings is 1. The van der Waals surface area contributed by atoms with Gasteiger partial charge in [-0.15, -0.1) is 11.3 Å². The van der Waals surface area contributed by atoms with Crippen molar-refractivity contribution in [2.45, 2.75) is 32.4 Å². The Morgan fingerprint density at radius 2 is 2.05 bits per heavy atom. The van der Waals surface area contributed by atoms with Crippen molar-refractivity contribution in [3.8, 4) is 0 Å². The van der Waals surface area contributed by atoms with Crippen LogP contribution in [0.3, 0.4) is 0 Å². The average Bonchev–Trinajstić information content (AvgIpc) is 2.71. The summed E-state index contributed by atoms with van der Waals surface area (Å²) in [7, 11) is 0. The van der Waals surface area contributed by atoms with Crippen LogP contribution < -0.4 is 5.73 Å². The van der Waals surface area contributed by atoms with Gasteiger partial charge in [-0.25, -0.2) is 4.98 Å². The summed E-state index contributed by atoms with van der Waals surface area (Å²) in [6.45, 7) is 1.99. The lowest BCUT2D eigenvalue weighted by Crippen LogP contribution is -2.09.